The summed E-state index contributed by atoms with van der Waals surface area (Å²) in [7, 11) is 4.51. The number of nitrogens with zero attached hydrogens (tertiary/aromatic N) is 7. The Hall–Kier alpha value is -1.34. The van der Waals surface area contributed by atoms with Crippen LogP contribution >= 0.6 is 11.6 Å². The number of nitrogens with one attached hydrogen (secondary N) is 2. The fourth-order valence-corrected chi connectivity index (χ4v) is 7.87. The second-order valence-electron chi connectivity index (χ2n) is 17.1. The number of halogens is 1. The monoisotopic (exact) mass is 738 g/mol. The van der Waals surface area contributed by atoms with Crippen LogP contribution in [0.3, 0.4) is 0 Å². The number of aromatic nitrogens is 3. The van der Waals surface area contributed by atoms with Crippen molar-refractivity contribution in [1.82, 2.24) is 35.4 Å². The van der Waals surface area contributed by atoms with Crippen LogP contribution in [0.4, 0.5) is 11.9 Å². The minimum Gasteiger partial charge on any atom is -0.337 e. The Morgan fingerprint density at radius 2 is 1.02 bits per heavy atom. The molecule has 2 atom stereocenters. The summed E-state index contributed by atoms with van der Waals surface area (Å²) in [5.41, 5.74) is 10.8. The molecular formula is C39H80ClN11. The molecule has 51 heavy (non-hydrogen) atoms. The third-order valence-corrected chi connectivity index (χ3v) is 13.3. The first-order valence-electron chi connectivity index (χ1n) is 20.1. The van der Waals surface area contributed by atoms with Crippen molar-refractivity contribution in [2.45, 2.75) is 144 Å². The minimum absolute atomic E-state index is 0.0227. The van der Waals surface area contributed by atoms with Crippen molar-refractivity contribution >= 4 is 23.5 Å². The van der Waals surface area contributed by atoms with E-state index in [1.807, 2.05) is 0 Å². The molecule has 0 saturated carbocycles. The van der Waals surface area contributed by atoms with Crippen LogP contribution < -0.4 is 31.9 Å². The number of hydrogen-bond donors (Lipinski definition) is 4. The molecular weight excluding hydrogens is 658 g/mol. The highest BCUT2D eigenvalue weighted by Crippen LogP contribution is 2.47. The van der Waals surface area contributed by atoms with Gasteiger partial charge in [-0.2, -0.15) is 15.0 Å². The molecule has 12 heteroatoms. The van der Waals surface area contributed by atoms with E-state index >= 15 is 0 Å². The molecule has 0 radical (unpaired) electrons. The Balaban J connectivity index is 0.000000641. The average Bonchev–Trinajstić information content (AvgIpc) is 3.06. The highest BCUT2D eigenvalue weighted by molar-refractivity contribution is 6.28. The molecule has 2 aliphatic rings. The van der Waals surface area contributed by atoms with Crippen LogP contribution in [0.15, 0.2) is 0 Å². The largest absolute Gasteiger partial charge is 0.337 e. The van der Waals surface area contributed by atoms with E-state index in [0.29, 0.717) is 17.4 Å². The van der Waals surface area contributed by atoms with Crippen LogP contribution in [-0.4, -0.2) is 127 Å². The number of hydrogen-bond acceptors (Lipinski definition) is 11. The second-order valence-corrected chi connectivity index (χ2v) is 17.4. The second kappa shape index (κ2) is 20.9. The van der Waals surface area contributed by atoms with Crippen LogP contribution in [-0.2, 0) is 0 Å². The molecule has 2 fully saturated rings. The summed E-state index contributed by atoms with van der Waals surface area (Å²) >= 11 is 6.75. The summed E-state index contributed by atoms with van der Waals surface area (Å²) in [6.45, 7) is 33.2. The lowest BCUT2D eigenvalue weighted by atomic mass is 9.64. The summed E-state index contributed by atoms with van der Waals surface area (Å²) in [5.74, 6) is 1.48. The summed E-state index contributed by atoms with van der Waals surface area (Å²) in [4.78, 5) is 24.8. The van der Waals surface area contributed by atoms with Gasteiger partial charge in [-0.15, -0.1) is 0 Å². The molecule has 0 bridgehead atoms. The quantitative estimate of drug-likeness (QED) is 0.132. The maximum atomic E-state index is 6.75. The Morgan fingerprint density at radius 3 is 1.35 bits per heavy atom. The van der Waals surface area contributed by atoms with Crippen molar-refractivity contribution in [3.8, 4) is 0 Å². The molecule has 1 aromatic heterocycles. The molecule has 0 spiro atoms. The number of anilines is 2. The van der Waals surface area contributed by atoms with Crippen LogP contribution in [0.5, 0.6) is 0 Å². The average molecular weight is 739 g/mol. The highest BCUT2D eigenvalue weighted by atomic mass is 35.5. The molecule has 3 rings (SSSR count). The molecule has 3 heterocycles. The molecule has 6 N–H and O–H groups in total. The molecule has 2 unspecified atom stereocenters. The van der Waals surface area contributed by atoms with Gasteiger partial charge in [0.15, 0.2) is 0 Å². The third-order valence-electron chi connectivity index (χ3n) is 13.2. The smallest absolute Gasteiger partial charge is 0.231 e. The molecule has 2 saturated heterocycles. The topological polar surface area (TPSA) is 128 Å². The molecule has 0 amide bonds. The predicted octanol–water partition coefficient (Wildman–Crippen LogP) is 5.62. The van der Waals surface area contributed by atoms with Gasteiger partial charge in [0.2, 0.25) is 17.2 Å². The van der Waals surface area contributed by atoms with Gasteiger partial charge in [0.25, 0.3) is 0 Å². The highest BCUT2D eigenvalue weighted by Gasteiger charge is 2.52. The first kappa shape index (κ1) is 45.8. The van der Waals surface area contributed by atoms with Crippen molar-refractivity contribution in [3.63, 3.8) is 0 Å². The Kier molecular flexibility index (Phi) is 18.8. The molecule has 0 aromatic carbocycles. The normalized spacial score (nSPS) is 22.6. The molecule has 1 aromatic rings. The zero-order valence-electron chi connectivity index (χ0n) is 35.0. The first-order valence-corrected chi connectivity index (χ1v) is 20.5. The van der Waals surface area contributed by atoms with E-state index in [2.05, 4.69) is 114 Å². The van der Waals surface area contributed by atoms with Crippen molar-refractivity contribution in [2.24, 2.45) is 22.3 Å². The maximum absolute atomic E-state index is 6.75. The van der Waals surface area contributed by atoms with Gasteiger partial charge in [0, 0.05) is 73.3 Å². The fraction of sp³-hybridized carbons (Fsp3) is 0.923. The lowest BCUT2D eigenvalue weighted by Gasteiger charge is -2.59. The van der Waals surface area contributed by atoms with Gasteiger partial charge in [0.1, 0.15) is 0 Å². The van der Waals surface area contributed by atoms with E-state index in [9.17, 15) is 0 Å². The summed E-state index contributed by atoms with van der Waals surface area (Å²) in [6, 6.07) is 0.619. The van der Waals surface area contributed by atoms with Gasteiger partial charge in [-0.05, 0) is 118 Å². The number of piperidine rings is 2. The Bertz CT molecular complexity index is 1050. The maximum Gasteiger partial charge on any atom is 0.231 e. The molecule has 2 aliphatic heterocycles. The third kappa shape index (κ3) is 11.6. The van der Waals surface area contributed by atoms with Gasteiger partial charge in [0.05, 0.1) is 0 Å². The fourth-order valence-electron chi connectivity index (χ4n) is 7.72. The summed E-state index contributed by atoms with van der Waals surface area (Å²) in [5, 5.41) is 6.88. The van der Waals surface area contributed by atoms with Gasteiger partial charge in [-0.25, -0.2) is 0 Å². The van der Waals surface area contributed by atoms with Gasteiger partial charge in [-0.3, -0.25) is 0 Å². The summed E-state index contributed by atoms with van der Waals surface area (Å²) < 4.78 is 0. The van der Waals surface area contributed by atoms with Gasteiger partial charge in [-0.1, -0.05) is 54.4 Å². The number of unbranched alkanes of at least 4 members (excludes halogenated alkanes) is 2. The van der Waals surface area contributed by atoms with Crippen LogP contribution in [0.1, 0.15) is 121 Å². The lowest BCUT2D eigenvalue weighted by molar-refractivity contribution is -0.0307. The molecule has 0 aliphatic carbocycles. The van der Waals surface area contributed by atoms with Gasteiger partial charge >= 0.3 is 0 Å². The number of rotatable bonds is 19. The van der Waals surface area contributed by atoms with Crippen molar-refractivity contribution in [3.05, 3.63) is 5.28 Å². The SMILES string of the molecule is CCCCN(c1nc(Cl)nc(N(CCCC)C2CCN(C)C(C)(C)C2(C)C)n1)C1CCN(C)C(C)(C)C1(C)C.NCCCNCCNCCCN. The lowest BCUT2D eigenvalue weighted by Crippen LogP contribution is -2.66. The van der Waals surface area contributed by atoms with Crippen molar-refractivity contribution < 1.29 is 0 Å². The predicted molar refractivity (Wildman–Crippen MR) is 220 cm³/mol. The van der Waals surface area contributed by atoms with Crippen LogP contribution in [0.2, 0.25) is 5.28 Å². The molecule has 298 valence electrons. The minimum atomic E-state index is 0.0227. The standard InChI is InChI=1S/C31H58ClN7.C8H22N4/c1-13-15-19-38(23-17-21-36(11)30(7,8)28(23,3)4)26-33-25(32)34-27(35-26)39(20-16-14-2)24-18-22-37(12)31(9,10)29(24,5)6;9-3-1-5-11-7-8-12-6-2-4-10/h23-24H,13-22H2,1-12H3;11-12H,1-10H2. The molecule has 11 nitrogen and oxygen atoms in total. The van der Waals surface area contributed by atoms with E-state index < -0.39 is 0 Å². The van der Waals surface area contributed by atoms with Crippen molar-refractivity contribution in [2.75, 3.05) is 89.3 Å². The van der Waals surface area contributed by atoms with E-state index in [4.69, 9.17) is 38.0 Å². The van der Waals surface area contributed by atoms with E-state index in [1.165, 1.54) is 0 Å². The van der Waals surface area contributed by atoms with E-state index in [1.54, 1.807) is 0 Å². The van der Waals surface area contributed by atoms with Crippen LogP contribution in [0.25, 0.3) is 0 Å². The van der Waals surface area contributed by atoms with Gasteiger partial charge < -0.3 is 41.7 Å². The number of nitrogens with two attached hydrogens (primary N) is 2. The van der Waals surface area contributed by atoms with Crippen molar-refractivity contribution in [1.29, 1.82) is 0 Å². The van der Waals surface area contributed by atoms with Crippen LogP contribution in [0, 0.1) is 10.8 Å². The zero-order valence-corrected chi connectivity index (χ0v) is 35.8. The Labute approximate surface area is 318 Å². The first-order chi connectivity index (χ1) is 23.9. The van der Waals surface area contributed by atoms with E-state index in [0.717, 1.165) is 129 Å². The Morgan fingerprint density at radius 1 is 0.647 bits per heavy atom. The van der Waals surface area contributed by atoms with E-state index in [-0.39, 0.29) is 21.9 Å². The zero-order chi connectivity index (χ0) is 38.5. The summed E-state index contributed by atoms with van der Waals surface area (Å²) in [6.07, 6.45) is 8.70. The number of likely N-dealkylation sites (tertiary alicyclic amines) is 2.